The molecule has 2 rings (SSSR count). The predicted molar refractivity (Wildman–Crippen MR) is 105 cm³/mol. The summed E-state index contributed by atoms with van der Waals surface area (Å²) in [6.07, 6.45) is 8.81. The van der Waals surface area contributed by atoms with Gasteiger partial charge in [0, 0.05) is 12.6 Å². The smallest absolute Gasteiger partial charge is 0.0233 e. The van der Waals surface area contributed by atoms with Crippen LogP contribution >= 0.6 is 0 Å². The second-order valence-corrected chi connectivity index (χ2v) is 7.74. The second kappa shape index (κ2) is 10.7. The van der Waals surface area contributed by atoms with E-state index in [4.69, 9.17) is 0 Å². The van der Waals surface area contributed by atoms with Gasteiger partial charge in [-0.2, -0.15) is 0 Å². The largest absolute Gasteiger partial charge is 0.314 e. The number of nitrogens with one attached hydrogen (secondary N) is 1. The van der Waals surface area contributed by atoms with E-state index in [0.29, 0.717) is 0 Å². The van der Waals surface area contributed by atoms with E-state index in [1.54, 1.807) is 0 Å². The molecule has 1 heterocycles. The molecule has 134 valence electrons. The topological polar surface area (TPSA) is 15.3 Å². The minimum Gasteiger partial charge on any atom is -0.314 e. The first kappa shape index (κ1) is 19.2. The van der Waals surface area contributed by atoms with Crippen molar-refractivity contribution in [3.63, 3.8) is 0 Å². The molecule has 0 saturated carbocycles. The Labute approximate surface area is 149 Å². The zero-order valence-corrected chi connectivity index (χ0v) is 15.9. The SMILES string of the molecule is CC(C)=CCCC(C)CCNC1CCN(Cc2ccccc2)CC1. The molecule has 0 spiro atoms. The molecule has 0 aliphatic carbocycles. The molecule has 1 atom stereocenters. The summed E-state index contributed by atoms with van der Waals surface area (Å²) in [7, 11) is 0. The summed E-state index contributed by atoms with van der Waals surface area (Å²) < 4.78 is 0. The lowest BCUT2D eigenvalue weighted by atomic mass is 9.99. The fourth-order valence-electron chi connectivity index (χ4n) is 3.47. The summed E-state index contributed by atoms with van der Waals surface area (Å²) in [4.78, 5) is 2.59. The zero-order valence-electron chi connectivity index (χ0n) is 15.9. The lowest BCUT2D eigenvalue weighted by molar-refractivity contribution is 0.189. The minimum atomic E-state index is 0.724. The predicted octanol–water partition coefficient (Wildman–Crippen LogP) is 5.01. The standard InChI is InChI=1S/C22H36N2/c1-19(2)8-7-9-20(3)12-15-23-22-13-16-24(17-14-22)18-21-10-5-4-6-11-21/h4-6,8,10-11,20,22-23H,7,9,12-18H2,1-3H3. The lowest BCUT2D eigenvalue weighted by Gasteiger charge is -2.32. The average molecular weight is 329 g/mol. The van der Waals surface area contributed by atoms with Crippen LogP contribution in [0.5, 0.6) is 0 Å². The van der Waals surface area contributed by atoms with Gasteiger partial charge < -0.3 is 5.32 Å². The molecule has 1 unspecified atom stereocenters. The first-order chi connectivity index (χ1) is 11.6. The number of hydrogen-bond acceptors (Lipinski definition) is 2. The van der Waals surface area contributed by atoms with E-state index in [-0.39, 0.29) is 0 Å². The fraction of sp³-hybridized carbons (Fsp3) is 0.636. The molecule has 0 bridgehead atoms. The molecule has 2 nitrogen and oxygen atoms in total. The van der Waals surface area contributed by atoms with Crippen LogP contribution in [0.15, 0.2) is 42.0 Å². The highest BCUT2D eigenvalue weighted by atomic mass is 15.1. The van der Waals surface area contributed by atoms with Crippen LogP contribution in [-0.4, -0.2) is 30.6 Å². The van der Waals surface area contributed by atoms with Crippen LogP contribution in [0, 0.1) is 5.92 Å². The molecule has 1 fully saturated rings. The Morgan fingerprint density at radius 3 is 2.54 bits per heavy atom. The van der Waals surface area contributed by atoms with Crippen LogP contribution in [0.25, 0.3) is 0 Å². The van der Waals surface area contributed by atoms with Gasteiger partial charge in [-0.05, 0) is 77.1 Å². The van der Waals surface area contributed by atoms with Crippen LogP contribution < -0.4 is 5.32 Å². The molecular weight excluding hydrogens is 292 g/mol. The number of allylic oxidation sites excluding steroid dienone is 2. The van der Waals surface area contributed by atoms with Gasteiger partial charge >= 0.3 is 0 Å². The van der Waals surface area contributed by atoms with Gasteiger partial charge in [-0.25, -0.2) is 0 Å². The van der Waals surface area contributed by atoms with Crippen LogP contribution in [0.4, 0.5) is 0 Å². The van der Waals surface area contributed by atoms with Crippen molar-refractivity contribution in [2.75, 3.05) is 19.6 Å². The van der Waals surface area contributed by atoms with Crippen LogP contribution in [0.1, 0.15) is 58.4 Å². The van der Waals surface area contributed by atoms with E-state index in [2.05, 4.69) is 67.4 Å². The van der Waals surface area contributed by atoms with Gasteiger partial charge in [0.05, 0.1) is 0 Å². The summed E-state index contributed by atoms with van der Waals surface area (Å²) in [5, 5.41) is 3.79. The second-order valence-electron chi connectivity index (χ2n) is 7.74. The van der Waals surface area contributed by atoms with Crippen molar-refractivity contribution in [1.82, 2.24) is 10.2 Å². The molecule has 1 saturated heterocycles. The van der Waals surface area contributed by atoms with Crippen molar-refractivity contribution >= 4 is 0 Å². The number of piperidine rings is 1. The van der Waals surface area contributed by atoms with Crippen molar-refractivity contribution in [3.8, 4) is 0 Å². The summed E-state index contributed by atoms with van der Waals surface area (Å²) in [6.45, 7) is 11.5. The van der Waals surface area contributed by atoms with E-state index in [1.165, 1.54) is 62.9 Å². The zero-order chi connectivity index (χ0) is 17.2. The molecule has 1 aliphatic rings. The molecule has 2 heteroatoms. The van der Waals surface area contributed by atoms with Crippen molar-refractivity contribution in [1.29, 1.82) is 0 Å². The van der Waals surface area contributed by atoms with E-state index in [9.17, 15) is 0 Å². The Morgan fingerprint density at radius 1 is 1.17 bits per heavy atom. The van der Waals surface area contributed by atoms with E-state index < -0.39 is 0 Å². The van der Waals surface area contributed by atoms with Gasteiger partial charge in [0.15, 0.2) is 0 Å². The Balaban J connectivity index is 1.55. The number of rotatable bonds is 9. The van der Waals surface area contributed by atoms with E-state index >= 15 is 0 Å². The first-order valence-corrected chi connectivity index (χ1v) is 9.76. The van der Waals surface area contributed by atoms with Crippen LogP contribution in [-0.2, 0) is 6.54 Å². The Morgan fingerprint density at radius 2 is 1.88 bits per heavy atom. The quantitative estimate of drug-likeness (QED) is 0.641. The van der Waals surface area contributed by atoms with Gasteiger partial charge in [0.25, 0.3) is 0 Å². The molecule has 0 aromatic heterocycles. The van der Waals surface area contributed by atoms with Gasteiger partial charge in [0.2, 0.25) is 0 Å². The highest BCUT2D eigenvalue weighted by molar-refractivity contribution is 5.14. The van der Waals surface area contributed by atoms with Crippen molar-refractivity contribution in [2.45, 2.75) is 65.5 Å². The maximum absolute atomic E-state index is 3.79. The van der Waals surface area contributed by atoms with E-state index in [1.807, 2.05) is 0 Å². The van der Waals surface area contributed by atoms with Crippen molar-refractivity contribution in [2.24, 2.45) is 5.92 Å². The monoisotopic (exact) mass is 328 g/mol. The molecule has 1 N–H and O–H groups in total. The van der Waals surface area contributed by atoms with Crippen LogP contribution in [0.3, 0.4) is 0 Å². The summed E-state index contributed by atoms with van der Waals surface area (Å²) in [5.74, 6) is 0.825. The minimum absolute atomic E-state index is 0.724. The summed E-state index contributed by atoms with van der Waals surface area (Å²) in [6, 6.07) is 11.6. The molecule has 0 radical (unpaired) electrons. The van der Waals surface area contributed by atoms with Gasteiger partial charge in [-0.3, -0.25) is 4.90 Å². The number of benzene rings is 1. The lowest BCUT2D eigenvalue weighted by Crippen LogP contribution is -2.42. The van der Waals surface area contributed by atoms with Crippen molar-refractivity contribution < 1.29 is 0 Å². The molecule has 1 aliphatic heterocycles. The third-order valence-corrected chi connectivity index (χ3v) is 5.12. The van der Waals surface area contributed by atoms with Gasteiger partial charge in [-0.1, -0.05) is 48.9 Å². The van der Waals surface area contributed by atoms with Gasteiger partial charge in [0.1, 0.15) is 0 Å². The van der Waals surface area contributed by atoms with Crippen molar-refractivity contribution in [3.05, 3.63) is 47.5 Å². The molecular formula is C22H36N2. The molecule has 1 aromatic rings. The number of hydrogen-bond donors (Lipinski definition) is 1. The highest BCUT2D eigenvalue weighted by Gasteiger charge is 2.18. The maximum atomic E-state index is 3.79. The highest BCUT2D eigenvalue weighted by Crippen LogP contribution is 2.15. The third-order valence-electron chi connectivity index (χ3n) is 5.12. The summed E-state index contributed by atoms with van der Waals surface area (Å²) >= 11 is 0. The molecule has 1 aromatic carbocycles. The Hall–Kier alpha value is -1.12. The summed E-state index contributed by atoms with van der Waals surface area (Å²) in [5.41, 5.74) is 2.89. The van der Waals surface area contributed by atoms with Crippen LogP contribution in [0.2, 0.25) is 0 Å². The Kier molecular flexibility index (Phi) is 8.55. The number of nitrogens with zero attached hydrogens (tertiary/aromatic N) is 1. The normalized spacial score (nSPS) is 17.6. The first-order valence-electron chi connectivity index (χ1n) is 9.76. The average Bonchev–Trinajstić information content (AvgIpc) is 2.57. The molecule has 0 amide bonds. The fourth-order valence-corrected chi connectivity index (χ4v) is 3.47. The third kappa shape index (κ3) is 7.63. The number of likely N-dealkylation sites (tertiary alicyclic amines) is 1. The van der Waals surface area contributed by atoms with Gasteiger partial charge in [-0.15, -0.1) is 0 Å². The molecule has 24 heavy (non-hydrogen) atoms. The Bertz CT molecular complexity index is 468. The maximum Gasteiger partial charge on any atom is 0.0233 e. The van der Waals surface area contributed by atoms with E-state index in [0.717, 1.165) is 18.5 Å².